The van der Waals surface area contributed by atoms with Gasteiger partial charge in [-0.15, -0.1) is 11.3 Å². The van der Waals surface area contributed by atoms with Gasteiger partial charge in [-0.2, -0.15) is 5.10 Å². The third-order valence-electron chi connectivity index (χ3n) is 4.56. The van der Waals surface area contributed by atoms with E-state index in [1.54, 1.807) is 11.3 Å². The lowest BCUT2D eigenvalue weighted by Crippen LogP contribution is -2.39. The van der Waals surface area contributed by atoms with E-state index in [1.807, 2.05) is 17.8 Å². The average molecular weight is 316 g/mol. The van der Waals surface area contributed by atoms with Gasteiger partial charge in [0.25, 0.3) is 0 Å². The van der Waals surface area contributed by atoms with Gasteiger partial charge in [0, 0.05) is 40.6 Å². The number of thiazole rings is 1. The number of rotatable bonds is 3. The summed E-state index contributed by atoms with van der Waals surface area (Å²) in [6.45, 7) is 8.80. The summed E-state index contributed by atoms with van der Waals surface area (Å²) in [5.41, 5.74) is 3.58. The molecule has 1 aliphatic heterocycles. The summed E-state index contributed by atoms with van der Waals surface area (Å²) in [4.78, 5) is 4.42. The van der Waals surface area contributed by atoms with E-state index < -0.39 is 0 Å². The number of hydrazone groups is 1. The lowest BCUT2D eigenvalue weighted by molar-refractivity contribution is 0.109. The van der Waals surface area contributed by atoms with E-state index in [0.29, 0.717) is 12.1 Å². The highest BCUT2D eigenvalue weighted by molar-refractivity contribution is 7.12. The molecule has 1 aliphatic rings. The summed E-state index contributed by atoms with van der Waals surface area (Å²) >= 11 is 1.66. The molecular weight excluding hydrogens is 292 g/mol. The Bertz CT molecular complexity index is 647. The second-order valence-electron chi connectivity index (χ2n) is 6.23. The molecule has 0 N–H and O–H groups in total. The molecule has 0 unspecified atom stereocenters. The van der Waals surface area contributed by atoms with Crippen LogP contribution in [0.4, 0.5) is 0 Å². The quantitative estimate of drug-likeness (QED) is 0.797. The zero-order valence-corrected chi connectivity index (χ0v) is 14.6. The van der Waals surface area contributed by atoms with Crippen LogP contribution in [0.25, 0.3) is 5.13 Å². The van der Waals surface area contributed by atoms with Gasteiger partial charge < -0.3 is 0 Å². The molecule has 0 radical (unpaired) electrons. The lowest BCUT2D eigenvalue weighted by Gasteiger charge is -2.36. The molecule has 2 aromatic rings. The Morgan fingerprint density at radius 3 is 2.64 bits per heavy atom. The summed E-state index contributed by atoms with van der Waals surface area (Å²) in [7, 11) is 0. The second-order valence-corrected chi connectivity index (χ2v) is 7.10. The molecule has 0 spiro atoms. The summed E-state index contributed by atoms with van der Waals surface area (Å²) in [5.74, 6) is 0. The molecule has 3 heterocycles. The van der Waals surface area contributed by atoms with Crippen LogP contribution in [0.2, 0.25) is 0 Å². The third kappa shape index (κ3) is 2.82. The number of nitrogens with zero attached hydrogens (tertiary/aromatic N) is 4. The SMILES string of the molecule is Cc1cc(/C=N\N2[C@H](C)CCC[C@H]2C)c(C)n1-c1nccs1. The Morgan fingerprint density at radius 1 is 1.27 bits per heavy atom. The number of piperidine rings is 1. The largest absolute Gasteiger partial charge is 0.294 e. The Balaban J connectivity index is 1.87. The molecule has 118 valence electrons. The maximum Gasteiger partial charge on any atom is 0.193 e. The second kappa shape index (κ2) is 6.24. The highest BCUT2D eigenvalue weighted by atomic mass is 32.1. The standard InChI is InChI=1S/C17H24N4S/c1-12-6-5-7-13(2)21(12)19-11-16-10-14(3)20(15(16)4)17-18-8-9-22-17/h8-13H,5-7H2,1-4H3/b19-11-/t12-,13-/m1/s1. The molecule has 5 heteroatoms. The van der Waals surface area contributed by atoms with E-state index in [2.05, 4.69) is 48.3 Å². The molecule has 1 saturated heterocycles. The van der Waals surface area contributed by atoms with Crippen LogP contribution in [-0.4, -0.2) is 32.9 Å². The van der Waals surface area contributed by atoms with E-state index in [-0.39, 0.29) is 0 Å². The first-order valence-electron chi connectivity index (χ1n) is 7.99. The first-order chi connectivity index (χ1) is 10.6. The molecular formula is C17H24N4S. The molecule has 0 saturated carbocycles. The van der Waals surface area contributed by atoms with Gasteiger partial charge in [-0.25, -0.2) is 4.98 Å². The number of aryl methyl sites for hydroxylation is 1. The molecule has 1 fully saturated rings. The molecule has 0 aliphatic carbocycles. The van der Waals surface area contributed by atoms with Crippen LogP contribution < -0.4 is 0 Å². The number of hydrogen-bond acceptors (Lipinski definition) is 4. The van der Waals surface area contributed by atoms with E-state index >= 15 is 0 Å². The lowest BCUT2D eigenvalue weighted by atomic mass is 10.00. The monoisotopic (exact) mass is 316 g/mol. The molecule has 3 rings (SSSR count). The van der Waals surface area contributed by atoms with Crippen LogP contribution in [-0.2, 0) is 0 Å². The molecule has 2 aromatic heterocycles. The minimum atomic E-state index is 0.530. The third-order valence-corrected chi connectivity index (χ3v) is 5.31. The van der Waals surface area contributed by atoms with Crippen LogP contribution in [0.5, 0.6) is 0 Å². The van der Waals surface area contributed by atoms with Crippen molar-refractivity contribution in [3.63, 3.8) is 0 Å². The van der Waals surface area contributed by atoms with Crippen molar-refractivity contribution in [1.82, 2.24) is 14.6 Å². The predicted molar refractivity (Wildman–Crippen MR) is 93.1 cm³/mol. The Morgan fingerprint density at radius 2 is 2.00 bits per heavy atom. The van der Waals surface area contributed by atoms with Gasteiger partial charge in [-0.05, 0) is 53.0 Å². The van der Waals surface area contributed by atoms with Crippen molar-refractivity contribution in [2.24, 2.45) is 5.10 Å². The zero-order valence-electron chi connectivity index (χ0n) is 13.8. The zero-order chi connectivity index (χ0) is 15.7. The summed E-state index contributed by atoms with van der Waals surface area (Å²) in [6.07, 6.45) is 7.65. The number of hydrogen-bond donors (Lipinski definition) is 0. The molecule has 0 aromatic carbocycles. The van der Waals surface area contributed by atoms with Gasteiger partial charge in [-0.3, -0.25) is 9.58 Å². The smallest absolute Gasteiger partial charge is 0.193 e. The minimum absolute atomic E-state index is 0.530. The normalized spacial score (nSPS) is 22.6. The van der Waals surface area contributed by atoms with Crippen LogP contribution >= 0.6 is 11.3 Å². The average Bonchev–Trinajstić information content (AvgIpc) is 3.07. The van der Waals surface area contributed by atoms with Crippen molar-refractivity contribution in [2.45, 2.75) is 59.0 Å². The van der Waals surface area contributed by atoms with Gasteiger partial charge in [0.2, 0.25) is 0 Å². The van der Waals surface area contributed by atoms with Crippen molar-refractivity contribution >= 4 is 17.6 Å². The van der Waals surface area contributed by atoms with Gasteiger partial charge in [0.05, 0.1) is 6.21 Å². The van der Waals surface area contributed by atoms with Crippen molar-refractivity contribution in [1.29, 1.82) is 0 Å². The fourth-order valence-corrected chi connectivity index (χ4v) is 4.05. The molecule has 2 atom stereocenters. The molecule has 0 bridgehead atoms. The van der Waals surface area contributed by atoms with Gasteiger partial charge in [0.1, 0.15) is 0 Å². The van der Waals surface area contributed by atoms with Gasteiger partial charge in [0.15, 0.2) is 5.13 Å². The highest BCUT2D eigenvalue weighted by Gasteiger charge is 2.23. The first kappa shape index (κ1) is 15.3. The fourth-order valence-electron chi connectivity index (χ4n) is 3.30. The van der Waals surface area contributed by atoms with Crippen molar-refractivity contribution in [2.75, 3.05) is 0 Å². The maximum atomic E-state index is 4.79. The van der Waals surface area contributed by atoms with E-state index in [0.717, 1.165) is 5.13 Å². The van der Waals surface area contributed by atoms with Crippen LogP contribution in [0.3, 0.4) is 0 Å². The first-order valence-corrected chi connectivity index (χ1v) is 8.87. The van der Waals surface area contributed by atoms with Gasteiger partial charge in [-0.1, -0.05) is 0 Å². The van der Waals surface area contributed by atoms with Crippen LogP contribution in [0.1, 0.15) is 50.1 Å². The van der Waals surface area contributed by atoms with Crippen LogP contribution in [0.15, 0.2) is 22.7 Å². The van der Waals surface area contributed by atoms with E-state index in [9.17, 15) is 0 Å². The van der Waals surface area contributed by atoms with E-state index in [4.69, 9.17) is 5.10 Å². The van der Waals surface area contributed by atoms with Crippen molar-refractivity contribution in [3.05, 3.63) is 34.6 Å². The number of aromatic nitrogens is 2. The minimum Gasteiger partial charge on any atom is -0.294 e. The molecule has 22 heavy (non-hydrogen) atoms. The molecule has 4 nitrogen and oxygen atoms in total. The van der Waals surface area contributed by atoms with Crippen LogP contribution in [0, 0.1) is 13.8 Å². The van der Waals surface area contributed by atoms with Gasteiger partial charge >= 0.3 is 0 Å². The Kier molecular flexibility index (Phi) is 4.34. The topological polar surface area (TPSA) is 33.4 Å². The maximum absolute atomic E-state index is 4.79. The Hall–Kier alpha value is -1.62. The Labute approximate surface area is 136 Å². The van der Waals surface area contributed by atoms with Crippen molar-refractivity contribution in [3.8, 4) is 5.13 Å². The van der Waals surface area contributed by atoms with Crippen molar-refractivity contribution < 1.29 is 0 Å². The fraction of sp³-hybridized carbons (Fsp3) is 0.529. The summed E-state index contributed by atoms with van der Waals surface area (Å²) in [6, 6.07) is 3.25. The van der Waals surface area contributed by atoms with E-state index in [1.165, 1.54) is 36.2 Å². The summed E-state index contributed by atoms with van der Waals surface area (Å²) in [5, 5.41) is 10.1. The molecule has 0 amide bonds. The highest BCUT2D eigenvalue weighted by Crippen LogP contribution is 2.24. The predicted octanol–water partition coefficient (Wildman–Crippen LogP) is 4.15. The summed E-state index contributed by atoms with van der Waals surface area (Å²) < 4.78 is 2.20.